The second kappa shape index (κ2) is 5.63. The first-order valence-electron chi connectivity index (χ1n) is 6.88. The van der Waals surface area contributed by atoms with Crippen molar-refractivity contribution >= 4 is 9.84 Å². The van der Waals surface area contributed by atoms with Crippen LogP contribution >= 0.6 is 0 Å². The molecule has 106 valence electrons. The van der Waals surface area contributed by atoms with E-state index in [1.807, 2.05) is 26.0 Å². The maximum atomic E-state index is 12.4. The Morgan fingerprint density at radius 2 is 1.89 bits per heavy atom. The topological polar surface area (TPSA) is 54.4 Å². The lowest BCUT2D eigenvalue weighted by Crippen LogP contribution is -2.27. The first-order chi connectivity index (χ1) is 8.90. The lowest BCUT2D eigenvalue weighted by molar-refractivity contribution is 0.131. The zero-order valence-electron chi connectivity index (χ0n) is 11.6. The van der Waals surface area contributed by atoms with Crippen molar-refractivity contribution in [1.82, 2.24) is 0 Å². The highest BCUT2D eigenvalue weighted by molar-refractivity contribution is 7.91. The monoisotopic (exact) mass is 282 g/mol. The Bertz CT molecular complexity index is 543. The van der Waals surface area contributed by atoms with Gasteiger partial charge < -0.3 is 5.11 Å². The molecule has 3 nitrogen and oxygen atoms in total. The number of hydrogen-bond acceptors (Lipinski definition) is 3. The van der Waals surface area contributed by atoms with Crippen molar-refractivity contribution in [3.63, 3.8) is 0 Å². The minimum atomic E-state index is -3.39. The summed E-state index contributed by atoms with van der Waals surface area (Å²) in [5, 5.41) is 10.1. The molecule has 0 aromatic heterocycles. The fourth-order valence-electron chi connectivity index (χ4n) is 2.94. The summed E-state index contributed by atoms with van der Waals surface area (Å²) in [6.07, 6.45) is 3.37. The smallest absolute Gasteiger partial charge is 0.181 e. The molecule has 2 rings (SSSR count). The Labute approximate surface area is 115 Å². The van der Waals surface area contributed by atoms with Crippen molar-refractivity contribution in [2.75, 3.05) is 5.75 Å². The lowest BCUT2D eigenvalue weighted by Gasteiger charge is -2.18. The molecule has 1 saturated carbocycles. The number of aliphatic hydroxyl groups is 1. The highest BCUT2D eigenvalue weighted by Gasteiger charge is 2.29. The third-order valence-corrected chi connectivity index (χ3v) is 5.91. The van der Waals surface area contributed by atoms with Gasteiger partial charge in [0.15, 0.2) is 9.84 Å². The number of aryl methyl sites for hydroxylation is 2. The van der Waals surface area contributed by atoms with Crippen LogP contribution in [0.25, 0.3) is 0 Å². The van der Waals surface area contributed by atoms with Crippen molar-refractivity contribution in [2.45, 2.75) is 50.5 Å². The quantitative estimate of drug-likeness (QED) is 0.923. The van der Waals surface area contributed by atoms with Gasteiger partial charge in [-0.2, -0.15) is 0 Å². The van der Waals surface area contributed by atoms with Gasteiger partial charge in [-0.25, -0.2) is 8.42 Å². The third kappa shape index (κ3) is 3.37. The highest BCUT2D eigenvalue weighted by atomic mass is 32.2. The minimum absolute atomic E-state index is 0.151. The Morgan fingerprint density at radius 3 is 2.47 bits per heavy atom. The Balaban J connectivity index is 2.17. The van der Waals surface area contributed by atoms with Crippen LogP contribution in [0.3, 0.4) is 0 Å². The van der Waals surface area contributed by atoms with E-state index in [2.05, 4.69) is 0 Å². The Hall–Kier alpha value is -0.870. The SMILES string of the molecule is Cc1ccc(S(=O)(=O)CC(O)C2CCCC2)c(C)c1. The molecule has 0 radical (unpaired) electrons. The first kappa shape index (κ1) is 14.5. The molecule has 1 fully saturated rings. The molecule has 19 heavy (non-hydrogen) atoms. The van der Waals surface area contributed by atoms with Crippen LogP contribution in [-0.4, -0.2) is 25.4 Å². The van der Waals surface area contributed by atoms with Crippen LogP contribution in [0.15, 0.2) is 23.1 Å². The van der Waals surface area contributed by atoms with Crippen LogP contribution in [0.5, 0.6) is 0 Å². The van der Waals surface area contributed by atoms with Crippen LogP contribution in [0, 0.1) is 19.8 Å². The Kier molecular flexibility index (Phi) is 4.31. The van der Waals surface area contributed by atoms with E-state index in [-0.39, 0.29) is 11.7 Å². The van der Waals surface area contributed by atoms with Gasteiger partial charge >= 0.3 is 0 Å². The van der Waals surface area contributed by atoms with E-state index in [9.17, 15) is 13.5 Å². The predicted octanol–water partition coefficient (Wildman–Crippen LogP) is 2.63. The van der Waals surface area contributed by atoms with Crippen LogP contribution in [0.2, 0.25) is 0 Å². The van der Waals surface area contributed by atoms with Gasteiger partial charge in [-0.3, -0.25) is 0 Å². The van der Waals surface area contributed by atoms with E-state index in [4.69, 9.17) is 0 Å². The predicted molar refractivity (Wildman–Crippen MR) is 75.9 cm³/mol. The standard InChI is InChI=1S/C15H22O3S/c1-11-7-8-15(12(2)9-11)19(17,18)10-14(16)13-5-3-4-6-13/h7-9,13-14,16H,3-6,10H2,1-2H3. The summed E-state index contributed by atoms with van der Waals surface area (Å²) in [4.78, 5) is 0.357. The molecular weight excluding hydrogens is 260 g/mol. The molecule has 0 heterocycles. The van der Waals surface area contributed by atoms with E-state index in [0.29, 0.717) is 4.90 Å². The van der Waals surface area contributed by atoms with Crippen molar-refractivity contribution in [2.24, 2.45) is 5.92 Å². The molecule has 0 saturated heterocycles. The number of sulfone groups is 1. The maximum absolute atomic E-state index is 12.4. The molecule has 1 atom stereocenters. The van der Waals surface area contributed by atoms with Crippen LogP contribution in [0.4, 0.5) is 0 Å². The van der Waals surface area contributed by atoms with Gasteiger partial charge in [-0.05, 0) is 44.2 Å². The Morgan fingerprint density at radius 1 is 1.26 bits per heavy atom. The van der Waals surface area contributed by atoms with E-state index >= 15 is 0 Å². The first-order valence-corrected chi connectivity index (χ1v) is 8.53. The third-order valence-electron chi connectivity index (χ3n) is 4.00. The summed E-state index contributed by atoms with van der Waals surface area (Å²) >= 11 is 0. The molecule has 1 N–H and O–H groups in total. The summed E-state index contributed by atoms with van der Waals surface area (Å²) in [7, 11) is -3.39. The van der Waals surface area contributed by atoms with Crippen molar-refractivity contribution in [3.05, 3.63) is 29.3 Å². The lowest BCUT2D eigenvalue weighted by atomic mass is 10.0. The molecule has 1 aromatic carbocycles. The van der Waals surface area contributed by atoms with Crippen LogP contribution in [0.1, 0.15) is 36.8 Å². The molecule has 1 aromatic rings. The molecule has 0 spiro atoms. The van der Waals surface area contributed by atoms with Gasteiger partial charge in [0, 0.05) is 0 Å². The number of rotatable bonds is 4. The molecule has 1 aliphatic rings. The fourth-order valence-corrected chi connectivity index (χ4v) is 4.67. The van der Waals surface area contributed by atoms with Gasteiger partial charge in [0.1, 0.15) is 0 Å². The van der Waals surface area contributed by atoms with Crippen molar-refractivity contribution < 1.29 is 13.5 Å². The van der Waals surface area contributed by atoms with E-state index in [1.54, 1.807) is 6.07 Å². The molecule has 1 unspecified atom stereocenters. The van der Waals surface area contributed by atoms with E-state index in [0.717, 1.165) is 36.8 Å². The summed E-state index contributed by atoms with van der Waals surface area (Å²) in [6.45, 7) is 3.75. The zero-order chi connectivity index (χ0) is 14.0. The molecule has 1 aliphatic carbocycles. The van der Waals surface area contributed by atoms with Crippen LogP contribution < -0.4 is 0 Å². The number of benzene rings is 1. The van der Waals surface area contributed by atoms with Crippen LogP contribution in [-0.2, 0) is 9.84 Å². The summed E-state index contributed by atoms with van der Waals surface area (Å²) in [5.41, 5.74) is 1.81. The summed E-state index contributed by atoms with van der Waals surface area (Å²) in [5.74, 6) is 0.00205. The van der Waals surface area contributed by atoms with Crippen molar-refractivity contribution in [3.8, 4) is 0 Å². The van der Waals surface area contributed by atoms with Gasteiger partial charge in [-0.15, -0.1) is 0 Å². The fraction of sp³-hybridized carbons (Fsp3) is 0.600. The van der Waals surface area contributed by atoms with E-state index in [1.165, 1.54) is 0 Å². The van der Waals surface area contributed by atoms with Crippen molar-refractivity contribution in [1.29, 1.82) is 0 Å². The molecular formula is C15H22O3S. The second-order valence-electron chi connectivity index (χ2n) is 5.66. The second-order valence-corrected chi connectivity index (χ2v) is 7.66. The van der Waals surface area contributed by atoms with Gasteiger partial charge in [0.05, 0.1) is 16.8 Å². The molecule has 4 heteroatoms. The normalized spacial score (nSPS) is 18.7. The van der Waals surface area contributed by atoms with Gasteiger partial charge in [0.25, 0.3) is 0 Å². The molecule has 0 bridgehead atoms. The minimum Gasteiger partial charge on any atom is -0.392 e. The highest BCUT2D eigenvalue weighted by Crippen LogP contribution is 2.29. The van der Waals surface area contributed by atoms with E-state index < -0.39 is 15.9 Å². The summed E-state index contributed by atoms with van der Waals surface area (Å²) in [6, 6.07) is 5.33. The average molecular weight is 282 g/mol. The number of hydrogen-bond donors (Lipinski definition) is 1. The van der Waals surface area contributed by atoms with Gasteiger partial charge in [-0.1, -0.05) is 30.5 Å². The average Bonchev–Trinajstić information content (AvgIpc) is 2.80. The maximum Gasteiger partial charge on any atom is 0.181 e. The largest absolute Gasteiger partial charge is 0.392 e. The summed E-state index contributed by atoms with van der Waals surface area (Å²) < 4.78 is 24.7. The number of aliphatic hydroxyl groups excluding tert-OH is 1. The van der Waals surface area contributed by atoms with Gasteiger partial charge in [0.2, 0.25) is 0 Å². The molecule has 0 amide bonds. The zero-order valence-corrected chi connectivity index (χ0v) is 12.4. The molecule has 0 aliphatic heterocycles.